The van der Waals surface area contributed by atoms with Gasteiger partial charge in [0.1, 0.15) is 17.1 Å². The smallest absolute Gasteiger partial charge is 0.265 e. The highest BCUT2D eigenvalue weighted by Crippen LogP contribution is 2.39. The van der Waals surface area contributed by atoms with Gasteiger partial charge in [0.15, 0.2) is 6.23 Å². The Balaban J connectivity index is 1.43. The van der Waals surface area contributed by atoms with E-state index in [-0.39, 0.29) is 29.5 Å². The van der Waals surface area contributed by atoms with Crippen LogP contribution in [0.4, 0.5) is 0 Å². The van der Waals surface area contributed by atoms with E-state index in [1.807, 2.05) is 27.7 Å². The lowest BCUT2D eigenvalue weighted by molar-refractivity contribution is -0.0365. The van der Waals surface area contributed by atoms with Crippen LogP contribution in [0.5, 0.6) is 5.75 Å². The monoisotopic (exact) mass is 622 g/mol. The predicted molar refractivity (Wildman–Crippen MR) is 165 cm³/mol. The van der Waals surface area contributed by atoms with Gasteiger partial charge >= 0.3 is 0 Å². The minimum absolute atomic E-state index is 0.0827. The molecule has 0 amide bonds. The van der Waals surface area contributed by atoms with Gasteiger partial charge in [0, 0.05) is 18.2 Å². The Hall–Kier alpha value is -2.29. The average molecular weight is 623 g/mol. The topological polar surface area (TPSA) is 127 Å². The highest BCUT2D eigenvalue weighted by atomic mass is 32.2. The van der Waals surface area contributed by atoms with Crippen LogP contribution in [0.15, 0.2) is 30.5 Å². The zero-order valence-electron chi connectivity index (χ0n) is 25.7. The van der Waals surface area contributed by atoms with Gasteiger partial charge in [0.25, 0.3) is 10.1 Å². The highest BCUT2D eigenvalue weighted by Gasteiger charge is 2.39. The third kappa shape index (κ3) is 8.63. The number of hydrogen-bond donors (Lipinski definition) is 1. The average Bonchev–Trinajstić information content (AvgIpc) is 3.51. The lowest BCUT2D eigenvalue weighted by atomic mass is 10.1. The molecule has 234 valence electrons. The molecule has 3 aromatic rings. The summed E-state index contributed by atoms with van der Waals surface area (Å²) in [7, 11) is -6.02. The highest BCUT2D eigenvalue weighted by molar-refractivity contribution is 7.85. The minimum atomic E-state index is -3.99. The van der Waals surface area contributed by atoms with Crippen molar-refractivity contribution >= 4 is 29.3 Å². The van der Waals surface area contributed by atoms with Crippen LogP contribution in [0, 0.1) is 5.92 Å². The summed E-state index contributed by atoms with van der Waals surface area (Å²) in [6.45, 7) is 15.6. The molecule has 0 radical (unpaired) electrons. The first-order valence-electron chi connectivity index (χ1n) is 14.7. The normalized spacial score (nSPS) is 17.5. The molecule has 0 saturated carbocycles. The van der Waals surface area contributed by atoms with Gasteiger partial charge in [-0.1, -0.05) is 27.7 Å². The molecule has 1 fully saturated rings. The first kappa shape index (κ1) is 32.6. The van der Waals surface area contributed by atoms with Crippen LogP contribution in [-0.4, -0.2) is 79.6 Å². The van der Waals surface area contributed by atoms with Crippen molar-refractivity contribution in [1.29, 1.82) is 0 Å². The summed E-state index contributed by atoms with van der Waals surface area (Å²) in [5.41, 5.74) is 2.57. The molecule has 2 aromatic heterocycles. The fourth-order valence-electron chi connectivity index (χ4n) is 4.64. The Bertz CT molecular complexity index is 1430. The van der Waals surface area contributed by atoms with E-state index in [1.54, 1.807) is 6.92 Å². The first-order chi connectivity index (χ1) is 19.7. The third-order valence-electron chi connectivity index (χ3n) is 7.90. The van der Waals surface area contributed by atoms with Crippen LogP contribution in [0.2, 0.25) is 18.1 Å². The Kier molecular flexibility index (Phi) is 10.5. The van der Waals surface area contributed by atoms with Gasteiger partial charge in [0.05, 0.1) is 44.2 Å². The van der Waals surface area contributed by atoms with Crippen molar-refractivity contribution in [1.82, 2.24) is 19.6 Å². The molecule has 13 heteroatoms. The second-order valence-corrected chi connectivity index (χ2v) is 18.9. The number of fused-ring (bicyclic) bond motifs is 1. The van der Waals surface area contributed by atoms with E-state index in [2.05, 4.69) is 46.0 Å². The van der Waals surface area contributed by atoms with Crippen molar-refractivity contribution in [2.24, 2.45) is 5.92 Å². The van der Waals surface area contributed by atoms with E-state index in [0.717, 1.165) is 53.9 Å². The maximum Gasteiger partial charge on any atom is 0.265 e. The Labute approximate surface area is 250 Å². The van der Waals surface area contributed by atoms with Crippen molar-refractivity contribution < 1.29 is 31.6 Å². The molecule has 3 heterocycles. The number of aromatic nitrogens is 4. The van der Waals surface area contributed by atoms with Crippen molar-refractivity contribution in [3.8, 4) is 17.1 Å². The van der Waals surface area contributed by atoms with Crippen LogP contribution in [0.25, 0.3) is 22.3 Å². The molecule has 1 saturated heterocycles. The van der Waals surface area contributed by atoms with Gasteiger partial charge in [-0.3, -0.25) is 9.23 Å². The van der Waals surface area contributed by atoms with Gasteiger partial charge in [0.2, 0.25) is 8.32 Å². The van der Waals surface area contributed by atoms with Gasteiger partial charge in [-0.05, 0) is 67.6 Å². The molecule has 0 spiro atoms. The summed E-state index contributed by atoms with van der Waals surface area (Å²) >= 11 is 0. The first-order valence-corrected chi connectivity index (χ1v) is 19.2. The Morgan fingerprint density at radius 1 is 1.12 bits per heavy atom. The van der Waals surface area contributed by atoms with Crippen molar-refractivity contribution in [3.05, 3.63) is 30.5 Å². The van der Waals surface area contributed by atoms with Crippen LogP contribution in [0.3, 0.4) is 0 Å². The van der Waals surface area contributed by atoms with E-state index >= 15 is 0 Å². The maximum absolute atomic E-state index is 10.9. The number of benzene rings is 1. The zero-order chi connectivity index (χ0) is 30.5. The number of nitrogens with zero attached hydrogens (tertiary/aromatic N) is 4. The predicted octanol–water partition coefficient (Wildman–Crippen LogP) is 5.54. The fourth-order valence-corrected chi connectivity index (χ4v) is 6.48. The molecule has 1 aliphatic rings. The largest absolute Gasteiger partial charge is 0.543 e. The van der Waals surface area contributed by atoms with E-state index < -0.39 is 18.4 Å². The standard InChI is InChI=1S/C29H46N4O7SSi/c1-22(21-41(34,35)36)20-38-18-17-37-16-14-32-13-12-25(30-32)28-24-19-23(40-42(5,6)29(2,3)4)10-11-26(24)33(31-28)27-9-7-8-15-39-27/h10-13,19,22,27H,7-9,14-18,20-21H2,1-6H3,(H,34,35,36)/t22-,27?/m1/s1. The molecule has 1 N–H and O–H groups in total. The van der Waals surface area contributed by atoms with Crippen molar-refractivity contribution in [2.75, 3.05) is 38.8 Å². The summed E-state index contributed by atoms with van der Waals surface area (Å²) in [5, 5.41) is 10.9. The number of hydrogen-bond acceptors (Lipinski definition) is 8. The molecule has 42 heavy (non-hydrogen) atoms. The molecule has 4 rings (SSSR count). The molecule has 11 nitrogen and oxygen atoms in total. The summed E-state index contributed by atoms with van der Waals surface area (Å²) in [5.74, 6) is 0.241. The molecule has 0 bridgehead atoms. The van der Waals surface area contributed by atoms with E-state index in [9.17, 15) is 8.42 Å². The summed E-state index contributed by atoms with van der Waals surface area (Å²) in [4.78, 5) is 0. The lowest BCUT2D eigenvalue weighted by Gasteiger charge is -2.36. The molecule has 1 unspecified atom stereocenters. The SMILES string of the molecule is C[C@H](COCCOCCn1ccc(-c2nn(C3CCCCO3)c3ccc(O[Si](C)(C)C(C)(C)C)cc23)n1)CS(=O)(=O)O. The number of rotatable bonds is 14. The van der Waals surface area contributed by atoms with Gasteiger partial charge in [-0.15, -0.1) is 0 Å². The molecule has 1 aromatic carbocycles. The molecular formula is C29H46N4O7SSi. The quantitative estimate of drug-likeness (QED) is 0.140. The van der Waals surface area contributed by atoms with Crippen molar-refractivity contribution in [2.45, 2.75) is 77.9 Å². The molecule has 0 aliphatic carbocycles. The summed E-state index contributed by atoms with van der Waals surface area (Å²) < 4.78 is 58.5. The molecule has 2 atom stereocenters. The summed E-state index contributed by atoms with van der Waals surface area (Å²) in [6.07, 6.45) is 4.92. The Morgan fingerprint density at radius 3 is 2.57 bits per heavy atom. The van der Waals surface area contributed by atoms with E-state index in [1.165, 1.54) is 0 Å². The Morgan fingerprint density at radius 2 is 1.88 bits per heavy atom. The van der Waals surface area contributed by atoms with Crippen LogP contribution < -0.4 is 4.43 Å². The molecule has 1 aliphatic heterocycles. The second kappa shape index (κ2) is 13.6. The van der Waals surface area contributed by atoms with Crippen LogP contribution in [0.1, 0.15) is 53.2 Å². The molecular weight excluding hydrogens is 576 g/mol. The van der Waals surface area contributed by atoms with Gasteiger partial charge in [-0.2, -0.15) is 18.6 Å². The zero-order valence-corrected chi connectivity index (χ0v) is 27.5. The van der Waals surface area contributed by atoms with Crippen LogP contribution >= 0.6 is 0 Å². The lowest BCUT2D eigenvalue weighted by Crippen LogP contribution is -2.43. The summed E-state index contributed by atoms with van der Waals surface area (Å²) in [6, 6.07) is 8.19. The fraction of sp³-hybridized carbons (Fsp3) is 0.655. The van der Waals surface area contributed by atoms with E-state index in [4.69, 9.17) is 33.4 Å². The van der Waals surface area contributed by atoms with Gasteiger partial charge in [-0.25, -0.2) is 4.68 Å². The van der Waals surface area contributed by atoms with E-state index in [0.29, 0.717) is 26.4 Å². The minimum Gasteiger partial charge on any atom is -0.543 e. The van der Waals surface area contributed by atoms with Gasteiger partial charge < -0.3 is 18.6 Å². The third-order valence-corrected chi connectivity index (χ3v) is 13.3. The maximum atomic E-state index is 10.9. The number of ether oxygens (including phenoxy) is 3. The van der Waals surface area contributed by atoms with Crippen LogP contribution in [-0.2, 0) is 30.9 Å². The van der Waals surface area contributed by atoms with Crippen molar-refractivity contribution in [3.63, 3.8) is 0 Å². The second-order valence-electron chi connectivity index (χ2n) is 12.7.